The Bertz CT molecular complexity index is 328. The topological polar surface area (TPSA) is 37.4 Å². The van der Waals surface area contributed by atoms with Crippen LogP contribution in [0.15, 0.2) is 5.38 Å². The lowest BCUT2D eigenvalue weighted by molar-refractivity contribution is 0.204. The molecule has 1 aromatic heterocycles. The SMILES string of the molecule is CCCNCc1csc(N(CCOC)C(C)C)n1. The molecule has 0 amide bonds. The quantitative estimate of drug-likeness (QED) is 0.700. The number of anilines is 1. The number of nitrogens with zero attached hydrogens (tertiary/aromatic N) is 2. The van der Waals surface area contributed by atoms with E-state index >= 15 is 0 Å². The van der Waals surface area contributed by atoms with Gasteiger partial charge < -0.3 is 15.0 Å². The zero-order chi connectivity index (χ0) is 13.4. The van der Waals surface area contributed by atoms with E-state index in [2.05, 4.69) is 41.4 Å². The van der Waals surface area contributed by atoms with E-state index in [1.807, 2.05) is 0 Å². The van der Waals surface area contributed by atoms with Gasteiger partial charge in [0.1, 0.15) is 0 Å². The maximum Gasteiger partial charge on any atom is 0.185 e. The number of ether oxygens (including phenoxy) is 1. The fourth-order valence-corrected chi connectivity index (χ4v) is 2.65. The molecular weight excluding hydrogens is 246 g/mol. The first-order chi connectivity index (χ1) is 8.69. The molecule has 0 bridgehead atoms. The summed E-state index contributed by atoms with van der Waals surface area (Å²) in [5, 5.41) is 6.61. The average Bonchev–Trinajstić information content (AvgIpc) is 2.78. The lowest BCUT2D eigenvalue weighted by atomic mass is 10.3. The van der Waals surface area contributed by atoms with E-state index in [-0.39, 0.29) is 0 Å². The maximum absolute atomic E-state index is 5.15. The van der Waals surface area contributed by atoms with E-state index in [0.717, 1.165) is 43.5 Å². The summed E-state index contributed by atoms with van der Waals surface area (Å²) in [7, 11) is 1.74. The molecule has 0 radical (unpaired) electrons. The smallest absolute Gasteiger partial charge is 0.185 e. The third-order valence-corrected chi connectivity index (χ3v) is 3.60. The highest BCUT2D eigenvalue weighted by Gasteiger charge is 2.14. The van der Waals surface area contributed by atoms with Gasteiger partial charge >= 0.3 is 0 Å². The van der Waals surface area contributed by atoms with Crippen molar-refractivity contribution in [2.24, 2.45) is 0 Å². The van der Waals surface area contributed by atoms with E-state index in [9.17, 15) is 0 Å². The van der Waals surface area contributed by atoms with Crippen LogP contribution < -0.4 is 10.2 Å². The van der Waals surface area contributed by atoms with Gasteiger partial charge in [0.05, 0.1) is 12.3 Å². The highest BCUT2D eigenvalue weighted by atomic mass is 32.1. The van der Waals surface area contributed by atoms with Gasteiger partial charge in [-0.2, -0.15) is 0 Å². The molecular formula is C13H25N3OS. The van der Waals surface area contributed by atoms with Gasteiger partial charge in [0, 0.05) is 31.6 Å². The molecule has 0 aromatic carbocycles. The van der Waals surface area contributed by atoms with Crippen LogP contribution in [0.2, 0.25) is 0 Å². The molecule has 104 valence electrons. The molecule has 0 atom stereocenters. The summed E-state index contributed by atoms with van der Waals surface area (Å²) in [6, 6.07) is 0.447. The van der Waals surface area contributed by atoms with Crippen molar-refractivity contribution < 1.29 is 4.74 Å². The Morgan fingerprint density at radius 2 is 2.28 bits per heavy atom. The minimum Gasteiger partial charge on any atom is -0.383 e. The molecule has 0 fully saturated rings. The third kappa shape index (κ3) is 4.92. The molecule has 1 aromatic rings. The second kappa shape index (κ2) is 8.45. The van der Waals surface area contributed by atoms with Gasteiger partial charge in [-0.3, -0.25) is 0 Å². The first kappa shape index (κ1) is 15.4. The minimum absolute atomic E-state index is 0.447. The van der Waals surface area contributed by atoms with E-state index in [4.69, 9.17) is 4.74 Å². The van der Waals surface area contributed by atoms with E-state index in [1.165, 1.54) is 0 Å². The van der Waals surface area contributed by atoms with Crippen LogP contribution in [0.3, 0.4) is 0 Å². The number of thiazole rings is 1. The molecule has 0 aliphatic rings. The Balaban J connectivity index is 2.57. The van der Waals surface area contributed by atoms with E-state index in [1.54, 1.807) is 18.4 Å². The van der Waals surface area contributed by atoms with Crippen molar-refractivity contribution in [2.75, 3.05) is 31.7 Å². The number of methoxy groups -OCH3 is 1. The summed E-state index contributed by atoms with van der Waals surface area (Å²) >= 11 is 1.71. The molecule has 0 saturated heterocycles. The zero-order valence-electron chi connectivity index (χ0n) is 11.9. The Morgan fingerprint density at radius 1 is 1.50 bits per heavy atom. The summed E-state index contributed by atoms with van der Waals surface area (Å²) in [5.41, 5.74) is 1.13. The molecule has 5 heteroatoms. The van der Waals surface area contributed by atoms with Gasteiger partial charge in [0.15, 0.2) is 5.13 Å². The molecule has 0 unspecified atom stereocenters. The molecule has 1 rings (SSSR count). The molecule has 0 aliphatic heterocycles. The van der Waals surface area contributed by atoms with E-state index < -0.39 is 0 Å². The number of rotatable bonds is 9. The van der Waals surface area contributed by atoms with Gasteiger partial charge in [-0.25, -0.2) is 4.98 Å². The number of hydrogen-bond acceptors (Lipinski definition) is 5. The monoisotopic (exact) mass is 271 g/mol. The van der Waals surface area contributed by atoms with Crippen molar-refractivity contribution >= 4 is 16.5 Å². The predicted molar refractivity (Wildman–Crippen MR) is 78.5 cm³/mol. The summed E-state index contributed by atoms with van der Waals surface area (Å²) in [4.78, 5) is 6.97. The van der Waals surface area contributed by atoms with Gasteiger partial charge in [0.25, 0.3) is 0 Å². The highest BCUT2D eigenvalue weighted by Crippen LogP contribution is 2.22. The van der Waals surface area contributed by atoms with Crippen LogP contribution >= 0.6 is 11.3 Å². The van der Waals surface area contributed by atoms with Gasteiger partial charge in [-0.1, -0.05) is 6.92 Å². The van der Waals surface area contributed by atoms with Crippen LogP contribution in [0.5, 0.6) is 0 Å². The Morgan fingerprint density at radius 3 is 2.89 bits per heavy atom. The second-order valence-electron chi connectivity index (χ2n) is 4.58. The molecule has 18 heavy (non-hydrogen) atoms. The van der Waals surface area contributed by atoms with Crippen molar-refractivity contribution in [2.45, 2.75) is 39.8 Å². The summed E-state index contributed by atoms with van der Waals surface area (Å²) in [6.45, 7) is 10.1. The molecule has 1 heterocycles. The van der Waals surface area contributed by atoms with Crippen molar-refractivity contribution in [3.63, 3.8) is 0 Å². The van der Waals surface area contributed by atoms with Crippen LogP contribution in [0.1, 0.15) is 32.9 Å². The second-order valence-corrected chi connectivity index (χ2v) is 5.41. The van der Waals surface area contributed by atoms with Crippen molar-refractivity contribution in [1.82, 2.24) is 10.3 Å². The van der Waals surface area contributed by atoms with Gasteiger partial charge in [-0.15, -0.1) is 11.3 Å². The van der Waals surface area contributed by atoms with Gasteiger partial charge in [0.2, 0.25) is 0 Å². The number of nitrogens with one attached hydrogen (secondary N) is 1. The van der Waals surface area contributed by atoms with Crippen molar-refractivity contribution in [1.29, 1.82) is 0 Å². The Labute approximate surface area is 114 Å². The fraction of sp³-hybridized carbons (Fsp3) is 0.769. The average molecular weight is 271 g/mol. The lowest BCUT2D eigenvalue weighted by Gasteiger charge is -2.25. The standard InChI is InChI=1S/C13H25N3OS/c1-5-6-14-9-12-10-18-13(15-12)16(11(2)3)7-8-17-4/h10-11,14H,5-9H2,1-4H3. The Kier molecular flexibility index (Phi) is 7.23. The van der Waals surface area contributed by atoms with Crippen molar-refractivity contribution in [3.05, 3.63) is 11.1 Å². The summed E-state index contributed by atoms with van der Waals surface area (Å²) in [6.07, 6.45) is 1.16. The molecule has 0 saturated carbocycles. The number of aromatic nitrogens is 1. The van der Waals surface area contributed by atoms with Crippen LogP contribution in [-0.4, -0.2) is 37.8 Å². The fourth-order valence-electron chi connectivity index (χ4n) is 1.67. The van der Waals surface area contributed by atoms with Crippen LogP contribution in [-0.2, 0) is 11.3 Å². The molecule has 4 nitrogen and oxygen atoms in total. The van der Waals surface area contributed by atoms with E-state index in [0.29, 0.717) is 6.04 Å². The summed E-state index contributed by atoms with van der Waals surface area (Å²) in [5.74, 6) is 0. The normalized spacial score (nSPS) is 11.2. The third-order valence-electron chi connectivity index (χ3n) is 2.68. The van der Waals surface area contributed by atoms with Crippen LogP contribution in [0, 0.1) is 0 Å². The predicted octanol–water partition coefficient (Wildman–Crippen LogP) is 2.50. The zero-order valence-corrected chi connectivity index (χ0v) is 12.7. The summed E-state index contributed by atoms with van der Waals surface area (Å²) < 4.78 is 5.15. The van der Waals surface area contributed by atoms with Gasteiger partial charge in [-0.05, 0) is 26.8 Å². The molecule has 1 N–H and O–H groups in total. The van der Waals surface area contributed by atoms with Crippen LogP contribution in [0.4, 0.5) is 5.13 Å². The van der Waals surface area contributed by atoms with Crippen LogP contribution in [0.25, 0.3) is 0 Å². The molecule has 0 aliphatic carbocycles. The maximum atomic E-state index is 5.15. The van der Waals surface area contributed by atoms with Crippen molar-refractivity contribution in [3.8, 4) is 0 Å². The lowest BCUT2D eigenvalue weighted by Crippen LogP contribution is -2.33. The highest BCUT2D eigenvalue weighted by molar-refractivity contribution is 7.13. The minimum atomic E-state index is 0.447. The Hall–Kier alpha value is -0.650. The number of hydrogen-bond donors (Lipinski definition) is 1. The first-order valence-electron chi connectivity index (χ1n) is 6.59. The first-order valence-corrected chi connectivity index (χ1v) is 7.47. The molecule has 0 spiro atoms. The largest absolute Gasteiger partial charge is 0.383 e.